The van der Waals surface area contributed by atoms with Crippen molar-refractivity contribution in [3.8, 4) is 22.6 Å². The predicted molar refractivity (Wildman–Crippen MR) is 107 cm³/mol. The van der Waals surface area contributed by atoms with E-state index in [0.29, 0.717) is 44.0 Å². The minimum atomic E-state index is -0.490. The van der Waals surface area contributed by atoms with Crippen molar-refractivity contribution in [1.29, 1.82) is 0 Å². The second-order valence-corrected chi connectivity index (χ2v) is 6.61. The number of H-pyrrole nitrogens is 1. The Morgan fingerprint density at radius 1 is 1.07 bits per heavy atom. The molecule has 0 aliphatic heterocycles. The number of non-ortho nitro benzene ring substituents is 1. The summed E-state index contributed by atoms with van der Waals surface area (Å²) in [5, 5.41) is 20.8. The molecule has 0 aliphatic carbocycles. The van der Waals surface area contributed by atoms with Gasteiger partial charge >= 0.3 is 0 Å². The van der Waals surface area contributed by atoms with E-state index in [1.165, 1.54) is 18.6 Å². The molecule has 9 nitrogen and oxygen atoms in total. The molecule has 0 saturated carbocycles. The fraction of sp³-hybridized carbons (Fsp3) is 0. The number of hydrogen-bond acceptors (Lipinski definition) is 7. The highest BCUT2D eigenvalue weighted by atomic mass is 35.5. The summed E-state index contributed by atoms with van der Waals surface area (Å²) >= 11 is 6.44. The van der Waals surface area contributed by atoms with Gasteiger partial charge < -0.3 is 4.98 Å². The first-order valence-corrected chi connectivity index (χ1v) is 8.84. The molecular weight excluding hydrogens is 394 g/mol. The fourth-order valence-electron chi connectivity index (χ4n) is 3.22. The molecule has 3 aromatic heterocycles. The van der Waals surface area contributed by atoms with Crippen LogP contribution in [0.1, 0.15) is 0 Å². The number of nitro groups is 1. The Kier molecular flexibility index (Phi) is 3.88. The molecule has 0 spiro atoms. The number of rotatable bonds is 3. The first kappa shape index (κ1) is 17.1. The van der Waals surface area contributed by atoms with Crippen LogP contribution in [0.15, 0.2) is 55.2 Å². The highest BCUT2D eigenvalue weighted by Crippen LogP contribution is 2.37. The Balaban J connectivity index is 1.99. The molecule has 0 aliphatic rings. The van der Waals surface area contributed by atoms with Gasteiger partial charge in [0.25, 0.3) is 5.69 Å². The van der Waals surface area contributed by atoms with Crippen LogP contribution in [0, 0.1) is 10.1 Å². The molecule has 0 amide bonds. The molecule has 1 N–H and O–H groups in total. The van der Waals surface area contributed by atoms with Gasteiger partial charge in [-0.05, 0) is 6.07 Å². The lowest BCUT2D eigenvalue weighted by atomic mass is 10.0. The molecule has 140 valence electrons. The van der Waals surface area contributed by atoms with E-state index >= 15 is 0 Å². The second kappa shape index (κ2) is 6.57. The fourth-order valence-corrected chi connectivity index (χ4v) is 3.44. The van der Waals surface area contributed by atoms with E-state index in [1.807, 2.05) is 6.07 Å². The number of hydrogen-bond donors (Lipinski definition) is 1. The second-order valence-electron chi connectivity index (χ2n) is 6.20. The Hall–Kier alpha value is -3.98. The maximum atomic E-state index is 11.7. The van der Waals surface area contributed by atoms with Gasteiger partial charge in [0, 0.05) is 22.0 Å². The van der Waals surface area contributed by atoms with E-state index in [1.54, 1.807) is 30.6 Å². The van der Waals surface area contributed by atoms with E-state index in [9.17, 15) is 10.1 Å². The molecule has 5 rings (SSSR count). The third-order valence-electron chi connectivity index (χ3n) is 4.54. The molecule has 0 bridgehead atoms. The molecule has 2 aromatic carbocycles. The van der Waals surface area contributed by atoms with Gasteiger partial charge in [0.05, 0.1) is 52.1 Å². The molecule has 0 fully saturated rings. The summed E-state index contributed by atoms with van der Waals surface area (Å²) in [4.78, 5) is 27.5. The Morgan fingerprint density at radius 3 is 2.69 bits per heavy atom. The number of aromatic nitrogens is 6. The van der Waals surface area contributed by atoms with E-state index in [0.717, 1.165) is 0 Å². The highest BCUT2D eigenvalue weighted by molar-refractivity contribution is 6.33. The number of aromatic amines is 1. The number of benzene rings is 2. The zero-order valence-electron chi connectivity index (χ0n) is 14.6. The molecular formula is C19H10ClN7O2. The number of nitro benzene ring substituents is 1. The van der Waals surface area contributed by atoms with Crippen molar-refractivity contribution in [2.75, 3.05) is 0 Å². The number of fused-ring (bicyclic) bond motifs is 3. The molecule has 3 heterocycles. The Bertz CT molecular complexity index is 1400. The third-order valence-corrected chi connectivity index (χ3v) is 4.87. The Morgan fingerprint density at radius 2 is 1.93 bits per heavy atom. The zero-order chi connectivity index (χ0) is 20.0. The van der Waals surface area contributed by atoms with Gasteiger partial charge in [-0.2, -0.15) is 5.10 Å². The minimum Gasteiger partial charge on any atom is -0.343 e. The summed E-state index contributed by atoms with van der Waals surface area (Å²) in [6.07, 6.45) is 6.19. The van der Waals surface area contributed by atoms with Gasteiger partial charge in [-0.3, -0.25) is 15.1 Å². The normalized spacial score (nSPS) is 11.2. The maximum absolute atomic E-state index is 11.7. The van der Waals surface area contributed by atoms with Gasteiger partial charge in [0.2, 0.25) is 0 Å². The third kappa shape index (κ3) is 2.75. The molecule has 0 atom stereocenters. The highest BCUT2D eigenvalue weighted by Gasteiger charge is 2.22. The van der Waals surface area contributed by atoms with Crippen LogP contribution in [0.2, 0.25) is 5.02 Å². The van der Waals surface area contributed by atoms with Crippen molar-refractivity contribution >= 4 is 39.1 Å². The summed E-state index contributed by atoms with van der Waals surface area (Å²) in [6.45, 7) is 0. The molecule has 0 unspecified atom stereocenters. The smallest absolute Gasteiger partial charge is 0.298 e. The number of halogens is 1. The molecule has 0 saturated heterocycles. The quantitative estimate of drug-likeness (QED) is 0.353. The standard InChI is InChI=1S/C19H10ClN7O2/c20-13-4-2-1-3-10(13)18-11-5-16(27(28)29)19-12(6-24-26-19)17(11)22-8-15(25-18)14-7-21-9-23-14/h1-9H,(H,21,23). The van der Waals surface area contributed by atoms with Crippen molar-refractivity contribution in [2.45, 2.75) is 0 Å². The van der Waals surface area contributed by atoms with E-state index in [4.69, 9.17) is 16.6 Å². The average molecular weight is 404 g/mol. The van der Waals surface area contributed by atoms with Crippen molar-refractivity contribution in [1.82, 2.24) is 30.1 Å². The lowest BCUT2D eigenvalue weighted by molar-refractivity contribution is -0.383. The first-order chi connectivity index (χ1) is 14.1. The van der Waals surface area contributed by atoms with Crippen LogP contribution >= 0.6 is 11.6 Å². The molecule has 10 heteroatoms. The van der Waals surface area contributed by atoms with Crippen molar-refractivity contribution in [2.24, 2.45) is 0 Å². The van der Waals surface area contributed by atoms with Crippen molar-refractivity contribution < 1.29 is 4.92 Å². The number of nitrogens with zero attached hydrogens (tertiary/aromatic N) is 6. The van der Waals surface area contributed by atoms with Crippen molar-refractivity contribution in [3.63, 3.8) is 0 Å². The summed E-state index contributed by atoms with van der Waals surface area (Å²) in [7, 11) is 0. The number of nitrogens with one attached hydrogen (secondary N) is 1. The van der Waals surface area contributed by atoms with Crippen LogP contribution in [0.5, 0.6) is 0 Å². The maximum Gasteiger partial charge on any atom is 0.298 e. The van der Waals surface area contributed by atoms with Crippen LogP contribution in [0.25, 0.3) is 44.5 Å². The van der Waals surface area contributed by atoms with E-state index < -0.39 is 4.92 Å². The Labute approximate surface area is 167 Å². The lowest BCUT2D eigenvalue weighted by Crippen LogP contribution is -1.92. The molecule has 0 radical (unpaired) electrons. The van der Waals surface area contributed by atoms with Gasteiger partial charge in [-0.15, -0.1) is 5.10 Å². The van der Waals surface area contributed by atoms with Crippen LogP contribution in [-0.2, 0) is 0 Å². The van der Waals surface area contributed by atoms with Gasteiger partial charge in [0.1, 0.15) is 5.69 Å². The van der Waals surface area contributed by atoms with Gasteiger partial charge in [-0.1, -0.05) is 29.8 Å². The largest absolute Gasteiger partial charge is 0.343 e. The predicted octanol–water partition coefficient (Wildman–Crippen LogP) is 4.19. The van der Waals surface area contributed by atoms with Crippen LogP contribution in [-0.4, -0.2) is 35.1 Å². The van der Waals surface area contributed by atoms with Crippen LogP contribution in [0.4, 0.5) is 5.69 Å². The first-order valence-electron chi connectivity index (χ1n) is 8.46. The van der Waals surface area contributed by atoms with Gasteiger partial charge in [0.15, 0.2) is 5.52 Å². The van der Waals surface area contributed by atoms with Gasteiger partial charge in [-0.25, -0.2) is 9.97 Å². The zero-order valence-corrected chi connectivity index (χ0v) is 15.3. The molecule has 5 aromatic rings. The monoisotopic (exact) mass is 403 g/mol. The van der Waals surface area contributed by atoms with Crippen molar-refractivity contribution in [3.05, 3.63) is 70.4 Å². The SMILES string of the molecule is O=[N+]([O-])c1cc2c(-c3ccccc3Cl)nc(-c3cnc[nH]3)cnc2c2cnnc12. The topological polar surface area (TPSA) is 123 Å². The van der Waals surface area contributed by atoms with E-state index in [2.05, 4.69) is 25.1 Å². The van der Waals surface area contributed by atoms with Crippen LogP contribution in [0.3, 0.4) is 0 Å². The average Bonchev–Trinajstić information content (AvgIpc) is 3.38. The molecule has 29 heavy (non-hydrogen) atoms. The summed E-state index contributed by atoms with van der Waals surface area (Å²) < 4.78 is 0. The summed E-state index contributed by atoms with van der Waals surface area (Å²) in [6, 6.07) is 8.58. The number of imidazole rings is 1. The lowest BCUT2D eigenvalue weighted by Gasteiger charge is -2.05. The minimum absolute atomic E-state index is 0.170. The summed E-state index contributed by atoms with van der Waals surface area (Å²) in [5.74, 6) is 0. The summed E-state index contributed by atoms with van der Waals surface area (Å²) in [5.41, 5.74) is 2.74. The van der Waals surface area contributed by atoms with Crippen LogP contribution < -0.4 is 0 Å². The van der Waals surface area contributed by atoms with E-state index in [-0.39, 0.29) is 11.2 Å².